The van der Waals surface area contributed by atoms with Crippen molar-refractivity contribution < 1.29 is 24.2 Å². The number of aldehydes is 1. The average molecular weight is 646 g/mol. The number of aliphatic hydroxyl groups excluding tert-OH is 2. The van der Waals surface area contributed by atoms with Crippen LogP contribution in [0.15, 0.2) is 106 Å². The van der Waals surface area contributed by atoms with Gasteiger partial charge in [-0.25, -0.2) is 9.38 Å². The first-order chi connectivity index (χ1) is 22.9. The van der Waals surface area contributed by atoms with Gasteiger partial charge in [0.25, 0.3) is 0 Å². The number of nitrogens with zero attached hydrogens (tertiary/aromatic N) is 4. The average Bonchev–Trinajstić information content (AvgIpc) is 3.12. The minimum atomic E-state index is -0.957. The monoisotopic (exact) mass is 645 g/mol. The fourth-order valence-corrected chi connectivity index (χ4v) is 4.65. The summed E-state index contributed by atoms with van der Waals surface area (Å²) in [6.07, 6.45) is 11.9. The van der Waals surface area contributed by atoms with Gasteiger partial charge < -0.3 is 20.0 Å². The summed E-state index contributed by atoms with van der Waals surface area (Å²) in [7, 11) is 1.80. The quantitative estimate of drug-likeness (QED) is 0.0546. The van der Waals surface area contributed by atoms with Crippen LogP contribution in [0.3, 0.4) is 0 Å². The fourth-order valence-electron chi connectivity index (χ4n) is 4.65. The van der Waals surface area contributed by atoms with Gasteiger partial charge >= 0.3 is 0 Å². The lowest BCUT2D eigenvalue weighted by molar-refractivity contribution is 0.0451. The summed E-state index contributed by atoms with van der Waals surface area (Å²) in [4.78, 5) is 28.5. The number of carbonyl (C=O) groups excluding carboxylic acids is 1. The normalized spacial score (nSPS) is 14.0. The molecule has 3 N–H and O–H groups in total. The van der Waals surface area contributed by atoms with E-state index in [-0.39, 0.29) is 18.8 Å². The molecule has 1 aliphatic rings. The number of allylic oxidation sites excluding steroid dienone is 4. The third kappa shape index (κ3) is 12.2. The van der Waals surface area contributed by atoms with Gasteiger partial charge in [0.1, 0.15) is 11.9 Å². The van der Waals surface area contributed by atoms with Crippen LogP contribution < -0.4 is 5.59 Å². The van der Waals surface area contributed by atoms with E-state index < -0.39 is 6.10 Å². The molecule has 0 fully saturated rings. The van der Waals surface area contributed by atoms with Crippen molar-refractivity contribution in [1.29, 1.82) is 0 Å². The molecule has 0 saturated heterocycles. The first-order valence-electron chi connectivity index (χ1n) is 16.0. The Morgan fingerprint density at radius 1 is 1.17 bits per heavy atom. The number of carbonyl (C=O) groups is 1. The summed E-state index contributed by atoms with van der Waals surface area (Å²) in [5, 5.41) is 24.2. The Labute approximate surface area is 278 Å². The Kier molecular flexibility index (Phi) is 18.0. The van der Waals surface area contributed by atoms with Crippen molar-refractivity contribution in [2.45, 2.75) is 71.9 Å². The number of unbranched alkanes of at least 4 members (excludes halogenated alkanes) is 2. The number of likely N-dealkylation sites (N-methyl/N-ethyl adjacent to an activating group) is 1. The van der Waals surface area contributed by atoms with E-state index in [1.807, 2.05) is 26.0 Å². The van der Waals surface area contributed by atoms with Crippen LogP contribution in [-0.2, 0) is 17.8 Å². The predicted octanol–water partition coefficient (Wildman–Crippen LogP) is 7.30. The number of rotatable bonds is 17. The van der Waals surface area contributed by atoms with Crippen molar-refractivity contribution in [1.82, 2.24) is 10.5 Å². The number of hydrogen-bond donors (Lipinski definition) is 3. The minimum Gasteiger partial charge on any atom is -0.396 e. The minimum absolute atomic E-state index is 0.100. The van der Waals surface area contributed by atoms with E-state index in [4.69, 9.17) is 9.83 Å². The number of halogens is 1. The Morgan fingerprint density at radius 3 is 2.62 bits per heavy atom. The maximum atomic E-state index is 12.7. The van der Waals surface area contributed by atoms with Crippen molar-refractivity contribution in [3.05, 3.63) is 113 Å². The van der Waals surface area contributed by atoms with Gasteiger partial charge in [-0.1, -0.05) is 64.1 Å². The SMILES string of the molecule is C=C/C(=C\C=C\F)N(C)C(CCCCCO)=Nc1cc(C2=NNOC(C(O)CC=NCc3ccccc3CC)=C2)ccc1C=O.CC. The Hall–Kier alpha value is -4.67. The summed E-state index contributed by atoms with van der Waals surface area (Å²) < 4.78 is 12.7. The predicted molar refractivity (Wildman–Crippen MR) is 190 cm³/mol. The standard InChI is InChI=1S/C35H42FN5O4.C2H6/c1-4-26-12-8-9-13-28(26)24-37-20-18-33(44)34-23-32(39-40-45-34)27-16-17-29(25-43)31(22-27)38-35(15-7-6-10-21-42)41(3)30(5-2)14-11-19-36;1-2/h5,8-9,11-14,16-17,19-20,22-23,25,33,40,42,44H,2,4,6-7,10,15,18,21,24H2,1,3H3;1-2H3/b19-11+,30-14+,37-20?,38-35?;. The largest absolute Gasteiger partial charge is 0.396 e. The van der Waals surface area contributed by atoms with Gasteiger partial charge in [0.15, 0.2) is 12.0 Å². The van der Waals surface area contributed by atoms with Crippen LogP contribution in [-0.4, -0.2) is 58.9 Å². The van der Waals surface area contributed by atoms with E-state index >= 15 is 0 Å². The van der Waals surface area contributed by atoms with E-state index in [0.29, 0.717) is 59.8 Å². The molecular formula is C37H48FN5O4. The molecule has 9 nitrogen and oxygen atoms in total. The molecule has 47 heavy (non-hydrogen) atoms. The lowest BCUT2D eigenvalue weighted by atomic mass is 10.0. The highest BCUT2D eigenvalue weighted by atomic mass is 19.1. The number of hydrazone groups is 1. The molecule has 0 aromatic heterocycles. The Balaban J connectivity index is 0.00000376. The zero-order valence-corrected chi connectivity index (χ0v) is 27.9. The van der Waals surface area contributed by atoms with Crippen molar-refractivity contribution in [2.75, 3.05) is 13.7 Å². The number of benzene rings is 2. The molecule has 0 spiro atoms. The van der Waals surface area contributed by atoms with Gasteiger partial charge in [-0.2, -0.15) is 0 Å². The first-order valence-corrected chi connectivity index (χ1v) is 16.0. The van der Waals surface area contributed by atoms with Gasteiger partial charge in [0.05, 0.1) is 24.3 Å². The summed E-state index contributed by atoms with van der Waals surface area (Å²) in [5.41, 5.74) is 7.44. The summed E-state index contributed by atoms with van der Waals surface area (Å²) in [6.45, 7) is 10.6. The van der Waals surface area contributed by atoms with E-state index in [0.717, 1.165) is 31.1 Å². The van der Waals surface area contributed by atoms with Crippen LogP contribution >= 0.6 is 0 Å². The second kappa shape index (κ2) is 22.0. The highest BCUT2D eigenvalue weighted by Gasteiger charge is 2.19. The van der Waals surface area contributed by atoms with Gasteiger partial charge in [-0.3, -0.25) is 9.79 Å². The number of nitrogens with one attached hydrogen (secondary N) is 1. The summed E-state index contributed by atoms with van der Waals surface area (Å²) in [5.74, 6) is 0.905. The van der Waals surface area contributed by atoms with Crippen LogP contribution in [0.25, 0.3) is 0 Å². The molecule has 1 unspecified atom stereocenters. The van der Waals surface area contributed by atoms with Crippen molar-refractivity contribution >= 4 is 29.7 Å². The zero-order chi connectivity index (χ0) is 34.4. The second-order valence-electron chi connectivity index (χ2n) is 10.3. The van der Waals surface area contributed by atoms with Gasteiger partial charge in [0.2, 0.25) is 0 Å². The third-order valence-corrected chi connectivity index (χ3v) is 7.24. The van der Waals surface area contributed by atoms with Crippen molar-refractivity contribution in [3.8, 4) is 0 Å². The van der Waals surface area contributed by atoms with Crippen LogP contribution in [0, 0.1) is 0 Å². The smallest absolute Gasteiger partial charge is 0.165 e. The van der Waals surface area contributed by atoms with Crippen LogP contribution in [0.1, 0.15) is 79.9 Å². The molecule has 0 radical (unpaired) electrons. The molecule has 1 aliphatic heterocycles. The molecule has 0 saturated carbocycles. The van der Waals surface area contributed by atoms with E-state index in [1.54, 1.807) is 54.6 Å². The third-order valence-electron chi connectivity index (χ3n) is 7.24. The number of hydrogen-bond acceptors (Lipinski definition) is 8. The molecule has 0 amide bonds. The lowest BCUT2D eigenvalue weighted by Gasteiger charge is -2.23. The molecular weight excluding hydrogens is 597 g/mol. The van der Waals surface area contributed by atoms with E-state index in [9.17, 15) is 19.4 Å². The summed E-state index contributed by atoms with van der Waals surface area (Å²) >= 11 is 0. The van der Waals surface area contributed by atoms with Crippen LogP contribution in [0.5, 0.6) is 0 Å². The Morgan fingerprint density at radius 2 is 1.94 bits per heavy atom. The molecule has 10 heteroatoms. The van der Waals surface area contributed by atoms with Crippen LogP contribution in [0.2, 0.25) is 0 Å². The molecule has 1 heterocycles. The fraction of sp³-hybridized carbons (Fsp3) is 0.351. The molecule has 0 aliphatic carbocycles. The molecule has 0 bridgehead atoms. The van der Waals surface area contributed by atoms with Crippen molar-refractivity contribution in [3.63, 3.8) is 0 Å². The number of amidine groups is 1. The lowest BCUT2D eigenvalue weighted by Crippen LogP contribution is -2.25. The summed E-state index contributed by atoms with van der Waals surface area (Å²) in [6, 6.07) is 13.3. The maximum absolute atomic E-state index is 12.7. The highest BCUT2D eigenvalue weighted by Crippen LogP contribution is 2.25. The highest BCUT2D eigenvalue weighted by molar-refractivity contribution is 6.10. The van der Waals surface area contributed by atoms with Gasteiger partial charge in [-0.15, -0.1) is 10.7 Å². The zero-order valence-electron chi connectivity index (χ0n) is 27.9. The van der Waals surface area contributed by atoms with E-state index in [1.165, 1.54) is 11.6 Å². The molecule has 2 aromatic rings. The van der Waals surface area contributed by atoms with E-state index in [2.05, 4.69) is 41.3 Å². The van der Waals surface area contributed by atoms with Gasteiger partial charge in [-0.05, 0) is 60.8 Å². The number of aliphatic imine (C=N–C) groups is 2. The topological polar surface area (TPSA) is 119 Å². The Bertz CT molecular complexity index is 1480. The van der Waals surface area contributed by atoms with Gasteiger partial charge in [0, 0.05) is 55.6 Å². The van der Waals surface area contributed by atoms with Crippen LogP contribution in [0.4, 0.5) is 10.1 Å². The molecule has 3 rings (SSSR count). The second-order valence-corrected chi connectivity index (χ2v) is 10.3. The number of aliphatic hydroxyl groups is 2. The molecule has 2 aromatic carbocycles. The molecule has 1 atom stereocenters. The maximum Gasteiger partial charge on any atom is 0.165 e. The van der Waals surface area contributed by atoms with Crippen molar-refractivity contribution in [2.24, 2.45) is 15.1 Å². The number of aryl methyl sites for hydroxylation is 1. The molecule has 252 valence electrons. The first kappa shape index (κ1) is 38.5.